The second-order valence-corrected chi connectivity index (χ2v) is 13.0. The lowest BCUT2D eigenvalue weighted by atomic mass is 9.93. The molecule has 1 atom stereocenters. The quantitative estimate of drug-likeness (QED) is 0.201. The Labute approximate surface area is 295 Å². The molecule has 0 bridgehead atoms. The van der Waals surface area contributed by atoms with Crippen molar-refractivity contribution in [2.24, 2.45) is 9.98 Å². The molecule has 2 heterocycles. The number of nitrogens with zero attached hydrogens (tertiary/aromatic N) is 2. The van der Waals surface area contributed by atoms with E-state index in [1.807, 2.05) is 30.3 Å². The number of para-hydroxylation sites is 1. The van der Waals surface area contributed by atoms with Gasteiger partial charge in [-0.15, -0.1) is 0 Å². The first-order chi connectivity index (χ1) is 25.3. The fourth-order valence-electron chi connectivity index (χ4n) is 7.56. The van der Waals surface area contributed by atoms with Crippen LogP contribution in [-0.4, -0.2) is 11.7 Å². The SMILES string of the molecule is c1ccc(C2=NC(c3ccc(-c4ccccc4)c4ccccc34)N=C(c3cc(-c4cccc5ccccc45)cc4oc5ccccc5c34)N2)cc1. The van der Waals surface area contributed by atoms with Gasteiger partial charge in [-0.3, -0.25) is 0 Å². The van der Waals surface area contributed by atoms with Crippen LogP contribution in [0.15, 0.2) is 190 Å². The second-order valence-electron chi connectivity index (χ2n) is 13.0. The number of furan rings is 1. The van der Waals surface area contributed by atoms with Gasteiger partial charge in [-0.1, -0.05) is 158 Å². The lowest BCUT2D eigenvalue weighted by molar-refractivity contribution is 0.669. The molecule has 4 heteroatoms. The molecule has 1 unspecified atom stereocenters. The van der Waals surface area contributed by atoms with Crippen LogP contribution in [0.25, 0.3) is 65.7 Å². The first-order valence-electron chi connectivity index (χ1n) is 17.3. The number of benzene rings is 8. The summed E-state index contributed by atoms with van der Waals surface area (Å²) in [6, 6.07) is 61.6. The predicted molar refractivity (Wildman–Crippen MR) is 211 cm³/mol. The molecular formula is C47H31N3O. The van der Waals surface area contributed by atoms with Crippen molar-refractivity contribution in [1.82, 2.24) is 5.32 Å². The summed E-state index contributed by atoms with van der Waals surface area (Å²) in [5.74, 6) is 1.53. The number of nitrogens with one attached hydrogen (secondary N) is 1. The maximum Gasteiger partial charge on any atom is 0.170 e. The Morgan fingerprint density at radius 1 is 0.412 bits per heavy atom. The Morgan fingerprint density at radius 3 is 1.86 bits per heavy atom. The van der Waals surface area contributed by atoms with Crippen LogP contribution in [0.3, 0.4) is 0 Å². The minimum Gasteiger partial charge on any atom is -0.456 e. The molecule has 0 saturated carbocycles. The van der Waals surface area contributed by atoms with E-state index in [2.05, 4.69) is 151 Å². The third-order valence-electron chi connectivity index (χ3n) is 9.94. The fourth-order valence-corrected chi connectivity index (χ4v) is 7.56. The Bertz CT molecular complexity index is 2830. The highest BCUT2D eigenvalue weighted by molar-refractivity contribution is 6.24. The lowest BCUT2D eigenvalue weighted by Crippen LogP contribution is -2.36. The molecule has 1 aromatic heterocycles. The van der Waals surface area contributed by atoms with Gasteiger partial charge < -0.3 is 9.73 Å². The van der Waals surface area contributed by atoms with Crippen LogP contribution in [0.1, 0.15) is 22.9 Å². The number of hydrogen-bond acceptors (Lipinski definition) is 4. The Hall–Kier alpha value is -6.78. The maximum absolute atomic E-state index is 6.58. The highest BCUT2D eigenvalue weighted by Crippen LogP contribution is 2.40. The van der Waals surface area contributed by atoms with E-state index in [1.165, 1.54) is 27.3 Å². The lowest BCUT2D eigenvalue weighted by Gasteiger charge is -2.24. The summed E-state index contributed by atoms with van der Waals surface area (Å²) in [4.78, 5) is 10.8. The second kappa shape index (κ2) is 12.0. The predicted octanol–water partition coefficient (Wildman–Crippen LogP) is 11.7. The number of fused-ring (bicyclic) bond motifs is 5. The first-order valence-corrected chi connectivity index (χ1v) is 17.3. The standard InChI is InChI=1S/C47H31N3O/c1-3-14-30(15-4-1)36-26-27-39(38-22-10-9-21-37(36)38)46-48-45(32-17-5-2-6-18-32)49-47(50-46)41-28-33(35-24-13-19-31-16-7-8-20-34(31)35)29-43-44(41)40-23-11-12-25-42(40)51-43/h1-29,46H,(H,48,49,50). The van der Waals surface area contributed by atoms with Gasteiger partial charge in [0.25, 0.3) is 0 Å². The molecule has 0 fully saturated rings. The van der Waals surface area contributed by atoms with Gasteiger partial charge in [0.1, 0.15) is 22.8 Å². The van der Waals surface area contributed by atoms with Crippen molar-refractivity contribution >= 4 is 55.2 Å². The summed E-state index contributed by atoms with van der Waals surface area (Å²) in [6.45, 7) is 0. The zero-order valence-corrected chi connectivity index (χ0v) is 27.6. The highest BCUT2D eigenvalue weighted by atomic mass is 16.3. The van der Waals surface area contributed by atoms with Crippen molar-refractivity contribution in [2.45, 2.75) is 6.17 Å². The summed E-state index contributed by atoms with van der Waals surface area (Å²) in [7, 11) is 0. The summed E-state index contributed by atoms with van der Waals surface area (Å²) in [5.41, 5.74) is 9.27. The minimum absolute atomic E-state index is 0.486. The van der Waals surface area contributed by atoms with Crippen LogP contribution in [0.5, 0.6) is 0 Å². The van der Waals surface area contributed by atoms with Gasteiger partial charge in [-0.25, -0.2) is 9.98 Å². The molecule has 0 saturated heterocycles. The molecule has 10 rings (SSSR count). The summed E-state index contributed by atoms with van der Waals surface area (Å²) in [5, 5.41) is 10.5. The third-order valence-corrected chi connectivity index (χ3v) is 9.94. The number of aliphatic imine (C=N–C) groups is 2. The smallest absolute Gasteiger partial charge is 0.170 e. The Balaban J connectivity index is 1.23. The van der Waals surface area contributed by atoms with Crippen molar-refractivity contribution in [1.29, 1.82) is 0 Å². The summed E-state index contributed by atoms with van der Waals surface area (Å²) in [6.07, 6.45) is -0.486. The molecule has 51 heavy (non-hydrogen) atoms. The molecule has 1 aliphatic rings. The van der Waals surface area contributed by atoms with Crippen molar-refractivity contribution in [3.8, 4) is 22.3 Å². The molecule has 0 spiro atoms. The van der Waals surface area contributed by atoms with Crippen LogP contribution in [0, 0.1) is 0 Å². The normalized spacial score (nSPS) is 14.5. The monoisotopic (exact) mass is 653 g/mol. The highest BCUT2D eigenvalue weighted by Gasteiger charge is 2.26. The van der Waals surface area contributed by atoms with Crippen molar-refractivity contribution in [3.05, 3.63) is 193 Å². The van der Waals surface area contributed by atoms with Gasteiger partial charge in [0.15, 0.2) is 6.17 Å². The van der Waals surface area contributed by atoms with Crippen LogP contribution in [0.2, 0.25) is 0 Å². The summed E-state index contributed by atoms with van der Waals surface area (Å²) >= 11 is 0. The van der Waals surface area contributed by atoms with E-state index in [9.17, 15) is 0 Å². The molecule has 1 aliphatic heterocycles. The van der Waals surface area contributed by atoms with Crippen LogP contribution in [-0.2, 0) is 0 Å². The van der Waals surface area contributed by atoms with E-state index in [0.29, 0.717) is 0 Å². The first kappa shape index (κ1) is 29.2. The third kappa shape index (κ3) is 5.00. The van der Waals surface area contributed by atoms with Crippen LogP contribution < -0.4 is 5.32 Å². The Morgan fingerprint density at radius 2 is 1.04 bits per heavy atom. The molecule has 4 nitrogen and oxygen atoms in total. The van der Waals surface area contributed by atoms with Gasteiger partial charge >= 0.3 is 0 Å². The van der Waals surface area contributed by atoms with Crippen LogP contribution >= 0.6 is 0 Å². The average molecular weight is 654 g/mol. The average Bonchev–Trinajstić information content (AvgIpc) is 3.59. The van der Waals surface area contributed by atoms with E-state index in [0.717, 1.165) is 66.8 Å². The minimum atomic E-state index is -0.486. The van der Waals surface area contributed by atoms with Crippen molar-refractivity contribution in [2.75, 3.05) is 0 Å². The van der Waals surface area contributed by atoms with Crippen LogP contribution in [0.4, 0.5) is 0 Å². The van der Waals surface area contributed by atoms with Gasteiger partial charge in [0.2, 0.25) is 0 Å². The molecule has 0 aliphatic carbocycles. The van der Waals surface area contributed by atoms with Gasteiger partial charge in [-0.2, -0.15) is 0 Å². The largest absolute Gasteiger partial charge is 0.456 e. The van der Waals surface area contributed by atoms with Gasteiger partial charge in [-0.05, 0) is 62.0 Å². The molecule has 9 aromatic rings. The molecule has 240 valence electrons. The van der Waals surface area contributed by atoms with E-state index in [-0.39, 0.29) is 0 Å². The zero-order valence-electron chi connectivity index (χ0n) is 27.6. The van der Waals surface area contributed by atoms with Gasteiger partial charge in [0, 0.05) is 27.5 Å². The zero-order chi connectivity index (χ0) is 33.7. The van der Waals surface area contributed by atoms with Crippen molar-refractivity contribution in [3.63, 3.8) is 0 Å². The maximum atomic E-state index is 6.58. The van der Waals surface area contributed by atoms with E-state index >= 15 is 0 Å². The molecular weight excluding hydrogens is 623 g/mol. The van der Waals surface area contributed by atoms with E-state index in [1.54, 1.807) is 0 Å². The van der Waals surface area contributed by atoms with E-state index < -0.39 is 6.17 Å². The molecule has 1 N–H and O–H groups in total. The van der Waals surface area contributed by atoms with Crippen molar-refractivity contribution < 1.29 is 4.42 Å². The van der Waals surface area contributed by atoms with E-state index in [4.69, 9.17) is 14.4 Å². The molecule has 0 radical (unpaired) electrons. The number of amidine groups is 2. The fraction of sp³-hybridized carbons (Fsp3) is 0.0213. The molecule has 0 amide bonds. The molecule has 8 aromatic carbocycles. The number of hydrogen-bond donors (Lipinski definition) is 1. The van der Waals surface area contributed by atoms with Gasteiger partial charge in [0.05, 0.1) is 0 Å². The topological polar surface area (TPSA) is 49.9 Å². The Kier molecular flexibility index (Phi) is 6.85. The summed E-state index contributed by atoms with van der Waals surface area (Å²) < 4.78 is 6.58. The number of rotatable bonds is 5.